The Kier molecular flexibility index (Phi) is 9.27. The number of hydrogen-bond donors (Lipinski definition) is 3. The Morgan fingerprint density at radius 1 is 0.963 bits per heavy atom. The van der Waals surface area contributed by atoms with Gasteiger partial charge in [-0.05, 0) is 31.5 Å². The second-order valence-electron chi connectivity index (χ2n) is 5.79. The molecule has 0 fully saturated rings. The van der Waals surface area contributed by atoms with Gasteiger partial charge in [-0.2, -0.15) is 0 Å². The summed E-state index contributed by atoms with van der Waals surface area (Å²) in [6.45, 7) is 3.93. The van der Waals surface area contributed by atoms with Crippen LogP contribution in [0.3, 0.4) is 0 Å². The standard InChI is InChI=1S/C17H23F3N4O3/c1-3-7-21-17(27)23-14(26)10-24(8-4-2)9-13(25)22-12-6-5-11(18)15(19)16(12)20/h5-6H,3-4,7-10H2,1-2H3,(H,22,25)(H2,21,23,26,27). The molecule has 0 saturated heterocycles. The lowest BCUT2D eigenvalue weighted by Crippen LogP contribution is -2.46. The van der Waals surface area contributed by atoms with Gasteiger partial charge in [0.1, 0.15) is 0 Å². The van der Waals surface area contributed by atoms with Gasteiger partial charge in [0, 0.05) is 6.54 Å². The second-order valence-corrected chi connectivity index (χ2v) is 5.79. The summed E-state index contributed by atoms with van der Waals surface area (Å²) in [6.07, 6.45) is 1.33. The summed E-state index contributed by atoms with van der Waals surface area (Å²) in [5.74, 6) is -5.87. The molecule has 0 saturated carbocycles. The van der Waals surface area contributed by atoms with Gasteiger partial charge in [0.15, 0.2) is 17.5 Å². The van der Waals surface area contributed by atoms with Crippen LogP contribution in [0, 0.1) is 17.5 Å². The Morgan fingerprint density at radius 3 is 2.26 bits per heavy atom. The van der Waals surface area contributed by atoms with E-state index in [-0.39, 0.29) is 13.1 Å². The smallest absolute Gasteiger partial charge is 0.321 e. The molecule has 0 spiro atoms. The van der Waals surface area contributed by atoms with Gasteiger partial charge in [-0.1, -0.05) is 13.8 Å². The molecule has 0 aromatic heterocycles. The number of anilines is 1. The van der Waals surface area contributed by atoms with E-state index in [1.165, 1.54) is 4.90 Å². The summed E-state index contributed by atoms with van der Waals surface area (Å²) in [5, 5.41) is 6.75. The highest BCUT2D eigenvalue weighted by Crippen LogP contribution is 2.19. The number of carbonyl (C=O) groups excluding carboxylic acids is 3. The van der Waals surface area contributed by atoms with E-state index >= 15 is 0 Å². The molecule has 1 aromatic rings. The van der Waals surface area contributed by atoms with Crippen molar-refractivity contribution < 1.29 is 27.6 Å². The van der Waals surface area contributed by atoms with Gasteiger partial charge in [0.05, 0.1) is 18.8 Å². The maximum absolute atomic E-state index is 13.6. The van der Waals surface area contributed by atoms with E-state index in [1.54, 1.807) is 0 Å². The van der Waals surface area contributed by atoms with Crippen molar-refractivity contribution in [1.29, 1.82) is 0 Å². The van der Waals surface area contributed by atoms with Crippen molar-refractivity contribution in [2.45, 2.75) is 26.7 Å². The third kappa shape index (κ3) is 7.65. The maximum Gasteiger partial charge on any atom is 0.321 e. The van der Waals surface area contributed by atoms with Gasteiger partial charge in [0.25, 0.3) is 0 Å². The van der Waals surface area contributed by atoms with Gasteiger partial charge in [-0.25, -0.2) is 18.0 Å². The number of rotatable bonds is 9. The molecule has 0 aliphatic heterocycles. The Hall–Kier alpha value is -2.62. The van der Waals surface area contributed by atoms with E-state index < -0.39 is 41.0 Å². The van der Waals surface area contributed by atoms with Crippen LogP contribution in [0.2, 0.25) is 0 Å². The molecule has 0 radical (unpaired) electrons. The minimum Gasteiger partial charge on any atom is -0.338 e. The quantitative estimate of drug-likeness (QED) is 0.565. The first-order valence-electron chi connectivity index (χ1n) is 8.51. The zero-order chi connectivity index (χ0) is 20.4. The molecule has 10 heteroatoms. The minimum atomic E-state index is -1.68. The Labute approximate surface area is 155 Å². The van der Waals surface area contributed by atoms with Crippen LogP contribution in [-0.4, -0.2) is 48.9 Å². The SMILES string of the molecule is CCCNC(=O)NC(=O)CN(CCC)CC(=O)Nc1ccc(F)c(F)c1F. The van der Waals surface area contributed by atoms with Crippen LogP contribution in [0.1, 0.15) is 26.7 Å². The van der Waals surface area contributed by atoms with Crippen molar-refractivity contribution in [2.75, 3.05) is 31.5 Å². The number of urea groups is 1. The first-order valence-corrected chi connectivity index (χ1v) is 8.51. The van der Waals surface area contributed by atoms with Crippen LogP contribution < -0.4 is 16.0 Å². The summed E-state index contributed by atoms with van der Waals surface area (Å²) >= 11 is 0. The molecule has 1 rings (SSSR count). The number of halogens is 3. The monoisotopic (exact) mass is 388 g/mol. The van der Waals surface area contributed by atoms with E-state index in [2.05, 4.69) is 16.0 Å². The highest BCUT2D eigenvalue weighted by Gasteiger charge is 2.18. The lowest BCUT2D eigenvalue weighted by atomic mass is 10.2. The van der Waals surface area contributed by atoms with Gasteiger partial charge in [-0.3, -0.25) is 19.8 Å². The van der Waals surface area contributed by atoms with Crippen molar-refractivity contribution in [3.8, 4) is 0 Å². The normalized spacial score (nSPS) is 10.6. The zero-order valence-electron chi connectivity index (χ0n) is 15.2. The van der Waals surface area contributed by atoms with Crippen molar-refractivity contribution in [1.82, 2.24) is 15.5 Å². The summed E-state index contributed by atoms with van der Waals surface area (Å²) in [7, 11) is 0. The number of benzene rings is 1. The average molecular weight is 388 g/mol. The molecule has 0 heterocycles. The third-order valence-electron chi connectivity index (χ3n) is 3.37. The molecule has 1 aromatic carbocycles. The molecule has 0 aliphatic carbocycles. The number of imide groups is 1. The van der Waals surface area contributed by atoms with Crippen molar-refractivity contribution >= 4 is 23.5 Å². The fourth-order valence-corrected chi connectivity index (χ4v) is 2.20. The Morgan fingerprint density at radius 2 is 1.63 bits per heavy atom. The summed E-state index contributed by atoms with van der Waals surface area (Å²) in [4.78, 5) is 36.8. The summed E-state index contributed by atoms with van der Waals surface area (Å²) < 4.78 is 39.7. The van der Waals surface area contributed by atoms with Crippen molar-refractivity contribution in [3.63, 3.8) is 0 Å². The van der Waals surface area contributed by atoms with E-state index in [1.807, 2.05) is 13.8 Å². The van der Waals surface area contributed by atoms with Crippen LogP contribution in [0.5, 0.6) is 0 Å². The average Bonchev–Trinajstić information content (AvgIpc) is 2.60. The molecule has 4 amide bonds. The van der Waals surface area contributed by atoms with E-state index in [9.17, 15) is 27.6 Å². The van der Waals surface area contributed by atoms with Gasteiger partial charge in [-0.15, -0.1) is 0 Å². The molecular formula is C17H23F3N4O3. The van der Waals surface area contributed by atoms with Crippen molar-refractivity contribution in [2.24, 2.45) is 0 Å². The highest BCUT2D eigenvalue weighted by molar-refractivity contribution is 5.96. The first kappa shape index (κ1) is 22.4. The van der Waals surface area contributed by atoms with Gasteiger partial charge in [0.2, 0.25) is 11.8 Å². The Bertz CT molecular complexity index is 686. The lowest BCUT2D eigenvalue weighted by Gasteiger charge is -2.20. The van der Waals surface area contributed by atoms with Crippen molar-refractivity contribution in [3.05, 3.63) is 29.6 Å². The van der Waals surface area contributed by atoms with Gasteiger partial charge >= 0.3 is 6.03 Å². The molecule has 0 aliphatic rings. The molecule has 7 nitrogen and oxygen atoms in total. The lowest BCUT2D eigenvalue weighted by molar-refractivity contribution is -0.122. The van der Waals surface area contributed by atoms with Crippen LogP contribution in [0.25, 0.3) is 0 Å². The molecule has 0 atom stereocenters. The second kappa shape index (κ2) is 11.2. The van der Waals surface area contributed by atoms with E-state index in [0.29, 0.717) is 32.0 Å². The molecule has 0 unspecified atom stereocenters. The largest absolute Gasteiger partial charge is 0.338 e. The van der Waals surface area contributed by atoms with E-state index in [0.717, 1.165) is 6.07 Å². The zero-order valence-corrected chi connectivity index (χ0v) is 15.2. The predicted octanol–water partition coefficient (Wildman–Crippen LogP) is 1.99. The van der Waals surface area contributed by atoms with Crippen LogP contribution in [0.15, 0.2) is 12.1 Å². The first-order chi connectivity index (χ1) is 12.8. The summed E-state index contributed by atoms with van der Waals surface area (Å²) in [5.41, 5.74) is -0.501. The highest BCUT2D eigenvalue weighted by atomic mass is 19.2. The fraction of sp³-hybridized carbons (Fsp3) is 0.471. The van der Waals surface area contributed by atoms with Crippen LogP contribution in [0.4, 0.5) is 23.7 Å². The number of nitrogens with one attached hydrogen (secondary N) is 3. The number of nitrogens with zero attached hydrogens (tertiary/aromatic N) is 1. The minimum absolute atomic E-state index is 0.235. The number of carbonyl (C=O) groups is 3. The maximum atomic E-state index is 13.6. The third-order valence-corrected chi connectivity index (χ3v) is 3.37. The molecule has 150 valence electrons. The number of amides is 4. The van der Waals surface area contributed by atoms with E-state index in [4.69, 9.17) is 0 Å². The molecule has 0 bridgehead atoms. The number of hydrogen-bond acceptors (Lipinski definition) is 4. The summed E-state index contributed by atoms with van der Waals surface area (Å²) in [6, 6.07) is 0.965. The van der Waals surface area contributed by atoms with Gasteiger partial charge < -0.3 is 10.6 Å². The Balaban J connectivity index is 2.63. The predicted molar refractivity (Wildman–Crippen MR) is 93.5 cm³/mol. The topological polar surface area (TPSA) is 90.5 Å². The molecule has 3 N–H and O–H groups in total. The fourth-order valence-electron chi connectivity index (χ4n) is 2.20. The van der Waals surface area contributed by atoms with Crippen LogP contribution in [-0.2, 0) is 9.59 Å². The van der Waals surface area contributed by atoms with Crippen LogP contribution >= 0.6 is 0 Å². The molecular weight excluding hydrogens is 365 g/mol. The molecule has 27 heavy (non-hydrogen) atoms.